The Morgan fingerprint density at radius 1 is 0.683 bits per heavy atom. The van der Waals surface area contributed by atoms with E-state index in [0.717, 1.165) is 22.3 Å². The van der Waals surface area contributed by atoms with Gasteiger partial charge in [-0.25, -0.2) is 5.43 Å². The lowest BCUT2D eigenvalue weighted by Crippen LogP contribution is -2.18. The molecule has 1 aromatic heterocycles. The average molecular weight is 544 g/mol. The highest BCUT2D eigenvalue weighted by atomic mass is 16.5. The lowest BCUT2D eigenvalue weighted by molar-refractivity contribution is 0.0953. The number of hydrogen-bond acceptors (Lipinski definition) is 6. The highest BCUT2D eigenvalue weighted by Gasteiger charge is 2.20. The van der Waals surface area contributed by atoms with E-state index in [-0.39, 0.29) is 13.2 Å². The maximum Gasteiger partial charge on any atom is 0.271 e. The molecule has 1 amide bonds. The van der Waals surface area contributed by atoms with Gasteiger partial charge in [-0.15, -0.1) is 0 Å². The third-order valence-corrected chi connectivity index (χ3v) is 6.05. The van der Waals surface area contributed by atoms with E-state index < -0.39 is 5.91 Å². The Bertz CT molecular complexity index is 1500. The Morgan fingerprint density at radius 2 is 1.20 bits per heavy atom. The molecule has 0 fully saturated rings. The van der Waals surface area contributed by atoms with Gasteiger partial charge in [0.2, 0.25) is 5.75 Å². The average Bonchev–Trinajstić information content (AvgIpc) is 3.04. The molecule has 5 aromatic rings. The van der Waals surface area contributed by atoms with Crippen molar-refractivity contribution in [2.24, 2.45) is 5.10 Å². The summed E-state index contributed by atoms with van der Waals surface area (Å²) in [6.45, 7) is 0.862. The van der Waals surface area contributed by atoms with Gasteiger partial charge in [0, 0.05) is 23.5 Å². The Kier molecular flexibility index (Phi) is 9.33. The van der Waals surface area contributed by atoms with Crippen LogP contribution in [-0.4, -0.2) is 17.1 Å². The topological polar surface area (TPSA) is 82.0 Å². The standard InChI is InChI=1S/C34H29N3O4/c38-34(37-36-22-29-17-10-18-35-21-29)30-19-31(39-23-26-11-4-1-5-12-26)33(41-25-28-15-8-3-9-16-28)32(20-30)40-24-27-13-6-2-7-14-27/h1-22H,23-25H2,(H,37,38)/b36-22+. The molecule has 0 radical (unpaired) electrons. The van der Waals surface area contributed by atoms with Crippen molar-refractivity contribution in [1.82, 2.24) is 10.4 Å². The Morgan fingerprint density at radius 3 is 1.68 bits per heavy atom. The van der Waals surface area contributed by atoms with E-state index in [4.69, 9.17) is 14.2 Å². The number of amides is 1. The summed E-state index contributed by atoms with van der Waals surface area (Å²) in [4.78, 5) is 17.2. The Hall–Kier alpha value is -5.43. The first-order valence-electron chi connectivity index (χ1n) is 13.2. The molecule has 0 aliphatic rings. The molecule has 204 valence electrons. The number of nitrogens with zero attached hydrogens (tertiary/aromatic N) is 2. The maximum absolute atomic E-state index is 13.2. The van der Waals surface area contributed by atoms with Crippen LogP contribution in [0.4, 0.5) is 0 Å². The van der Waals surface area contributed by atoms with Gasteiger partial charge in [0.05, 0.1) is 6.21 Å². The van der Waals surface area contributed by atoms with Gasteiger partial charge < -0.3 is 14.2 Å². The van der Waals surface area contributed by atoms with E-state index in [1.807, 2.05) is 97.1 Å². The second-order valence-electron chi connectivity index (χ2n) is 9.11. The molecule has 0 atom stereocenters. The zero-order chi connectivity index (χ0) is 28.1. The molecule has 1 N–H and O–H groups in total. The van der Waals surface area contributed by atoms with Crippen molar-refractivity contribution in [3.63, 3.8) is 0 Å². The molecular formula is C34H29N3O4. The quantitative estimate of drug-likeness (QED) is 0.142. The number of carbonyl (C=O) groups is 1. The minimum Gasteiger partial charge on any atom is -0.485 e. The lowest BCUT2D eigenvalue weighted by Gasteiger charge is -2.19. The van der Waals surface area contributed by atoms with Crippen LogP contribution >= 0.6 is 0 Å². The molecule has 0 saturated carbocycles. The molecule has 0 aliphatic heterocycles. The fraction of sp³-hybridized carbons (Fsp3) is 0.0882. The summed E-state index contributed by atoms with van der Waals surface area (Å²) in [6.07, 6.45) is 4.85. The second kappa shape index (κ2) is 14.1. The van der Waals surface area contributed by atoms with Gasteiger partial charge in [-0.1, -0.05) is 97.1 Å². The van der Waals surface area contributed by atoms with Crippen molar-refractivity contribution in [2.45, 2.75) is 19.8 Å². The van der Waals surface area contributed by atoms with Gasteiger partial charge in [-0.2, -0.15) is 5.10 Å². The zero-order valence-electron chi connectivity index (χ0n) is 22.4. The van der Waals surface area contributed by atoms with E-state index >= 15 is 0 Å². The largest absolute Gasteiger partial charge is 0.485 e. The SMILES string of the molecule is O=C(N/N=C/c1cccnc1)c1cc(OCc2ccccc2)c(OCc2ccccc2)c(OCc2ccccc2)c1. The number of carbonyl (C=O) groups excluding carboxylic acids is 1. The summed E-state index contributed by atoms with van der Waals surface area (Å²) in [7, 11) is 0. The van der Waals surface area contributed by atoms with Crippen molar-refractivity contribution in [1.29, 1.82) is 0 Å². The molecule has 41 heavy (non-hydrogen) atoms. The van der Waals surface area contributed by atoms with Crippen LogP contribution in [-0.2, 0) is 19.8 Å². The molecule has 0 aliphatic carbocycles. The van der Waals surface area contributed by atoms with Crippen LogP contribution in [0.5, 0.6) is 17.2 Å². The first kappa shape index (κ1) is 27.1. The van der Waals surface area contributed by atoms with E-state index in [9.17, 15) is 4.79 Å². The van der Waals surface area contributed by atoms with Gasteiger partial charge in [0.15, 0.2) is 11.5 Å². The molecule has 0 unspecified atom stereocenters. The van der Waals surface area contributed by atoms with E-state index in [0.29, 0.717) is 29.4 Å². The molecule has 0 saturated heterocycles. The maximum atomic E-state index is 13.2. The van der Waals surface area contributed by atoms with Crippen molar-refractivity contribution in [3.05, 3.63) is 155 Å². The normalized spacial score (nSPS) is 10.7. The minimum absolute atomic E-state index is 0.283. The van der Waals surface area contributed by atoms with Crippen LogP contribution in [0.15, 0.2) is 133 Å². The minimum atomic E-state index is -0.422. The fourth-order valence-corrected chi connectivity index (χ4v) is 3.95. The summed E-state index contributed by atoms with van der Waals surface area (Å²) in [5.74, 6) is 0.762. The summed E-state index contributed by atoms with van der Waals surface area (Å²) < 4.78 is 18.8. The summed E-state index contributed by atoms with van der Waals surface area (Å²) in [6, 6.07) is 36.3. The second-order valence-corrected chi connectivity index (χ2v) is 9.11. The van der Waals surface area contributed by atoms with Crippen molar-refractivity contribution in [3.8, 4) is 17.2 Å². The van der Waals surface area contributed by atoms with Gasteiger partial charge >= 0.3 is 0 Å². The van der Waals surface area contributed by atoms with Crippen LogP contribution in [0.25, 0.3) is 0 Å². The highest BCUT2D eigenvalue weighted by Crippen LogP contribution is 2.40. The number of aromatic nitrogens is 1. The van der Waals surface area contributed by atoms with Gasteiger partial charge in [-0.3, -0.25) is 9.78 Å². The van der Waals surface area contributed by atoms with Crippen LogP contribution in [0.3, 0.4) is 0 Å². The summed E-state index contributed by atoms with van der Waals surface area (Å²) in [5, 5.41) is 4.09. The Labute approximate surface area is 239 Å². The number of benzene rings is 4. The predicted octanol–water partition coefficient (Wildman–Crippen LogP) is 6.58. The lowest BCUT2D eigenvalue weighted by atomic mass is 10.1. The first-order valence-corrected chi connectivity index (χ1v) is 13.2. The van der Waals surface area contributed by atoms with E-state index in [2.05, 4.69) is 15.5 Å². The van der Waals surface area contributed by atoms with Crippen LogP contribution in [0.1, 0.15) is 32.6 Å². The summed E-state index contributed by atoms with van der Waals surface area (Å²) >= 11 is 0. The van der Waals surface area contributed by atoms with E-state index in [1.165, 1.54) is 6.21 Å². The molecule has 4 aromatic carbocycles. The van der Waals surface area contributed by atoms with Gasteiger partial charge in [-0.05, 0) is 34.9 Å². The number of pyridine rings is 1. The monoisotopic (exact) mass is 543 g/mol. The van der Waals surface area contributed by atoms with Crippen molar-refractivity contribution < 1.29 is 19.0 Å². The number of rotatable bonds is 12. The van der Waals surface area contributed by atoms with Crippen LogP contribution in [0.2, 0.25) is 0 Å². The first-order chi connectivity index (χ1) is 20.2. The smallest absolute Gasteiger partial charge is 0.271 e. The third-order valence-electron chi connectivity index (χ3n) is 6.05. The number of hydrazone groups is 1. The predicted molar refractivity (Wildman–Crippen MR) is 158 cm³/mol. The fourth-order valence-electron chi connectivity index (χ4n) is 3.95. The van der Waals surface area contributed by atoms with Crippen molar-refractivity contribution in [2.75, 3.05) is 0 Å². The van der Waals surface area contributed by atoms with Crippen LogP contribution < -0.4 is 19.6 Å². The molecule has 7 heteroatoms. The number of nitrogens with one attached hydrogen (secondary N) is 1. The Balaban J connectivity index is 1.45. The molecule has 0 spiro atoms. The number of ether oxygens (including phenoxy) is 3. The van der Waals surface area contributed by atoms with Crippen molar-refractivity contribution >= 4 is 12.1 Å². The molecule has 1 heterocycles. The summed E-state index contributed by atoms with van der Waals surface area (Å²) in [5.41, 5.74) is 6.59. The third kappa shape index (κ3) is 8.03. The molecule has 5 rings (SSSR count). The van der Waals surface area contributed by atoms with Gasteiger partial charge in [0.25, 0.3) is 5.91 Å². The highest BCUT2D eigenvalue weighted by molar-refractivity contribution is 5.96. The molecule has 7 nitrogen and oxygen atoms in total. The molecule has 0 bridgehead atoms. The molecular weight excluding hydrogens is 514 g/mol. The number of hydrogen-bond donors (Lipinski definition) is 1. The van der Waals surface area contributed by atoms with Crippen LogP contribution in [0, 0.1) is 0 Å². The zero-order valence-corrected chi connectivity index (χ0v) is 22.4. The van der Waals surface area contributed by atoms with Gasteiger partial charge in [0.1, 0.15) is 19.8 Å². The van der Waals surface area contributed by atoms with E-state index in [1.54, 1.807) is 30.6 Å².